The minimum absolute atomic E-state index is 0.0287. The van der Waals surface area contributed by atoms with Gasteiger partial charge in [0.25, 0.3) is 5.69 Å². The fourth-order valence-corrected chi connectivity index (χ4v) is 3.38. The van der Waals surface area contributed by atoms with Gasteiger partial charge in [0.2, 0.25) is 5.91 Å². The van der Waals surface area contributed by atoms with Crippen LogP contribution in [0.1, 0.15) is 29.2 Å². The fraction of sp³-hybridized carbons (Fsp3) is 0.316. The molecule has 0 saturated carbocycles. The van der Waals surface area contributed by atoms with Crippen molar-refractivity contribution >= 4 is 17.3 Å². The second-order valence-electron chi connectivity index (χ2n) is 6.47. The van der Waals surface area contributed by atoms with Crippen molar-refractivity contribution in [1.29, 1.82) is 0 Å². The number of nitro benzene ring substituents is 1. The second-order valence-corrected chi connectivity index (χ2v) is 6.47. The van der Waals surface area contributed by atoms with Crippen LogP contribution in [0.5, 0.6) is 0 Å². The number of carbonyl (C=O) groups is 1. The molecule has 1 amide bonds. The van der Waals surface area contributed by atoms with E-state index in [9.17, 15) is 14.9 Å². The Morgan fingerprint density at radius 2 is 2.08 bits per heavy atom. The molecule has 1 N–H and O–H groups in total. The van der Waals surface area contributed by atoms with Gasteiger partial charge in [0.05, 0.1) is 17.2 Å². The minimum Gasteiger partial charge on any atom is -0.324 e. The van der Waals surface area contributed by atoms with Crippen LogP contribution in [0.15, 0.2) is 42.5 Å². The molecule has 6 heteroatoms. The minimum atomic E-state index is -0.462. The molecule has 0 aromatic heterocycles. The van der Waals surface area contributed by atoms with Crippen molar-refractivity contribution in [3.05, 3.63) is 69.3 Å². The van der Waals surface area contributed by atoms with Gasteiger partial charge in [0.1, 0.15) is 0 Å². The highest BCUT2D eigenvalue weighted by Gasteiger charge is 2.26. The Hall–Kier alpha value is -2.73. The van der Waals surface area contributed by atoms with Crippen molar-refractivity contribution < 1.29 is 9.72 Å². The Bertz CT molecular complexity index is 819. The molecule has 0 fully saturated rings. The molecule has 1 aliphatic rings. The van der Waals surface area contributed by atoms with Gasteiger partial charge in [-0.2, -0.15) is 0 Å². The molecule has 1 aliphatic carbocycles. The number of anilines is 1. The Balaban J connectivity index is 1.67. The summed E-state index contributed by atoms with van der Waals surface area (Å²) in [6, 6.07) is 13.0. The van der Waals surface area contributed by atoms with Gasteiger partial charge in [-0.1, -0.05) is 30.3 Å². The fourth-order valence-electron chi connectivity index (χ4n) is 3.38. The number of hydrogen-bond donors (Lipinski definition) is 1. The summed E-state index contributed by atoms with van der Waals surface area (Å²) in [5, 5.41) is 13.7. The molecule has 0 saturated heterocycles. The first kappa shape index (κ1) is 17.1. The van der Waals surface area contributed by atoms with E-state index in [1.54, 1.807) is 6.07 Å². The first-order chi connectivity index (χ1) is 12.0. The summed E-state index contributed by atoms with van der Waals surface area (Å²) < 4.78 is 0. The monoisotopic (exact) mass is 339 g/mol. The molecule has 2 aromatic carbocycles. The molecule has 25 heavy (non-hydrogen) atoms. The summed E-state index contributed by atoms with van der Waals surface area (Å²) in [5.41, 5.74) is 3.88. The summed E-state index contributed by atoms with van der Waals surface area (Å²) in [6.45, 7) is 2.05. The number of amides is 1. The molecule has 0 spiro atoms. The van der Waals surface area contributed by atoms with Gasteiger partial charge in [-0.3, -0.25) is 19.8 Å². The maximum atomic E-state index is 12.4. The van der Waals surface area contributed by atoms with Gasteiger partial charge in [0, 0.05) is 18.2 Å². The maximum absolute atomic E-state index is 12.4. The third-order valence-electron chi connectivity index (χ3n) is 4.73. The Morgan fingerprint density at radius 3 is 2.84 bits per heavy atom. The zero-order valence-corrected chi connectivity index (χ0v) is 14.4. The number of likely N-dealkylation sites (N-methyl/N-ethyl adjacent to an activating group) is 1. The van der Waals surface area contributed by atoms with Gasteiger partial charge in [-0.25, -0.2) is 0 Å². The van der Waals surface area contributed by atoms with E-state index in [4.69, 9.17) is 0 Å². The van der Waals surface area contributed by atoms with E-state index in [1.165, 1.54) is 23.3 Å². The molecular formula is C19H21N3O3. The van der Waals surface area contributed by atoms with E-state index in [0.717, 1.165) is 18.4 Å². The third-order valence-corrected chi connectivity index (χ3v) is 4.73. The van der Waals surface area contributed by atoms with Gasteiger partial charge in [-0.15, -0.1) is 0 Å². The molecular weight excluding hydrogens is 318 g/mol. The smallest absolute Gasteiger partial charge is 0.271 e. The molecule has 0 bridgehead atoms. The summed E-state index contributed by atoms with van der Waals surface area (Å²) in [5.74, 6) is -0.171. The Labute approximate surface area is 146 Å². The number of hydrogen-bond acceptors (Lipinski definition) is 4. The van der Waals surface area contributed by atoms with Crippen LogP contribution in [0.4, 0.5) is 11.4 Å². The maximum Gasteiger partial charge on any atom is 0.271 e. The van der Waals surface area contributed by atoms with Crippen LogP contribution < -0.4 is 5.32 Å². The van der Waals surface area contributed by atoms with Crippen LogP contribution in [-0.4, -0.2) is 29.3 Å². The molecule has 1 unspecified atom stereocenters. The van der Waals surface area contributed by atoms with Crippen molar-refractivity contribution in [2.75, 3.05) is 18.9 Å². The van der Waals surface area contributed by atoms with E-state index >= 15 is 0 Å². The molecule has 0 radical (unpaired) electrons. The van der Waals surface area contributed by atoms with Gasteiger partial charge in [-0.05, 0) is 43.5 Å². The van der Waals surface area contributed by atoms with Crippen molar-refractivity contribution in [1.82, 2.24) is 4.90 Å². The summed E-state index contributed by atoms with van der Waals surface area (Å²) in [7, 11) is 1.94. The molecule has 0 heterocycles. The lowest BCUT2D eigenvalue weighted by molar-refractivity contribution is -0.384. The molecule has 6 nitrogen and oxygen atoms in total. The lowest BCUT2D eigenvalue weighted by atomic mass is 10.1. The number of fused-ring (bicyclic) bond motifs is 1. The first-order valence-electron chi connectivity index (χ1n) is 8.28. The average molecular weight is 339 g/mol. The predicted molar refractivity (Wildman–Crippen MR) is 96.6 cm³/mol. The lowest BCUT2D eigenvalue weighted by Gasteiger charge is -2.24. The number of nitro groups is 1. The highest BCUT2D eigenvalue weighted by atomic mass is 16.6. The van der Waals surface area contributed by atoms with Crippen molar-refractivity contribution in [3.8, 4) is 0 Å². The molecule has 2 aromatic rings. The normalized spacial score (nSPS) is 15.9. The molecule has 3 rings (SSSR count). The Morgan fingerprint density at radius 1 is 1.32 bits per heavy atom. The number of rotatable bonds is 5. The van der Waals surface area contributed by atoms with E-state index in [-0.39, 0.29) is 24.2 Å². The number of aryl methyl sites for hydroxylation is 2. The van der Waals surface area contributed by atoms with Crippen LogP contribution in [-0.2, 0) is 11.2 Å². The molecule has 130 valence electrons. The number of carbonyl (C=O) groups excluding carboxylic acids is 1. The van der Waals surface area contributed by atoms with E-state index in [1.807, 2.05) is 31.0 Å². The van der Waals surface area contributed by atoms with E-state index in [0.29, 0.717) is 5.69 Å². The SMILES string of the molecule is Cc1ccc([N+](=O)[O-])cc1NC(=O)CN(C)C1CCc2ccccc21. The first-order valence-corrected chi connectivity index (χ1v) is 8.28. The largest absolute Gasteiger partial charge is 0.324 e. The average Bonchev–Trinajstić information content (AvgIpc) is 3.00. The number of nitrogens with one attached hydrogen (secondary N) is 1. The third kappa shape index (κ3) is 3.69. The number of nitrogens with zero attached hydrogens (tertiary/aromatic N) is 2. The summed E-state index contributed by atoms with van der Waals surface area (Å²) >= 11 is 0. The van der Waals surface area contributed by atoms with Crippen LogP contribution in [0, 0.1) is 17.0 Å². The zero-order valence-electron chi connectivity index (χ0n) is 14.4. The predicted octanol–water partition coefficient (Wildman–Crippen LogP) is 3.46. The quantitative estimate of drug-likeness (QED) is 0.668. The van der Waals surface area contributed by atoms with Crippen LogP contribution in [0.25, 0.3) is 0 Å². The van der Waals surface area contributed by atoms with Crippen LogP contribution in [0.3, 0.4) is 0 Å². The van der Waals surface area contributed by atoms with E-state index < -0.39 is 4.92 Å². The lowest BCUT2D eigenvalue weighted by Crippen LogP contribution is -2.32. The van der Waals surface area contributed by atoms with Gasteiger partial charge in [0.15, 0.2) is 0 Å². The summed E-state index contributed by atoms with van der Waals surface area (Å²) in [6.07, 6.45) is 2.02. The highest BCUT2D eigenvalue weighted by molar-refractivity contribution is 5.93. The van der Waals surface area contributed by atoms with Crippen molar-refractivity contribution in [2.24, 2.45) is 0 Å². The van der Waals surface area contributed by atoms with E-state index in [2.05, 4.69) is 17.4 Å². The van der Waals surface area contributed by atoms with Crippen molar-refractivity contribution in [3.63, 3.8) is 0 Å². The van der Waals surface area contributed by atoms with Crippen molar-refractivity contribution in [2.45, 2.75) is 25.8 Å². The van der Waals surface area contributed by atoms with Gasteiger partial charge < -0.3 is 5.32 Å². The highest BCUT2D eigenvalue weighted by Crippen LogP contribution is 2.34. The molecule has 0 aliphatic heterocycles. The summed E-state index contributed by atoms with van der Waals surface area (Å²) in [4.78, 5) is 24.9. The van der Waals surface area contributed by atoms with Crippen LogP contribution in [0.2, 0.25) is 0 Å². The van der Waals surface area contributed by atoms with Crippen LogP contribution >= 0.6 is 0 Å². The Kier molecular flexibility index (Phi) is 4.81. The van der Waals surface area contributed by atoms with Gasteiger partial charge >= 0.3 is 0 Å². The number of benzene rings is 2. The topological polar surface area (TPSA) is 75.5 Å². The number of non-ortho nitro benzene ring substituents is 1. The standard InChI is InChI=1S/C19H21N3O3/c1-13-7-9-15(22(24)25)11-17(13)20-19(23)12-21(2)18-10-8-14-5-3-4-6-16(14)18/h3-7,9,11,18H,8,10,12H2,1-2H3,(H,20,23). The second kappa shape index (κ2) is 7.03. The zero-order chi connectivity index (χ0) is 18.0. The molecule has 1 atom stereocenters.